The van der Waals surface area contributed by atoms with Gasteiger partial charge in [0.25, 0.3) is 0 Å². The second-order valence-electron chi connectivity index (χ2n) is 6.86. The number of benzene rings is 2. The van der Waals surface area contributed by atoms with Gasteiger partial charge in [-0.3, -0.25) is 0 Å². The van der Waals surface area contributed by atoms with Crippen LogP contribution in [0.1, 0.15) is 18.4 Å². The molecule has 3 aromatic rings. The van der Waals surface area contributed by atoms with Crippen molar-refractivity contribution in [2.24, 2.45) is 0 Å². The number of nitrogens with zero attached hydrogens (tertiary/aromatic N) is 4. The lowest BCUT2D eigenvalue weighted by atomic mass is 10.2. The molecule has 0 spiro atoms. The van der Waals surface area contributed by atoms with Crippen LogP contribution in [0, 0.1) is 6.92 Å². The van der Waals surface area contributed by atoms with Gasteiger partial charge < -0.3 is 20.3 Å². The number of ether oxygens (including phenoxy) is 1. The van der Waals surface area contributed by atoms with Crippen LogP contribution in [0.25, 0.3) is 0 Å². The summed E-state index contributed by atoms with van der Waals surface area (Å²) in [5, 5.41) is 14.6. The highest BCUT2D eigenvalue weighted by Gasteiger charge is 2.12. The summed E-state index contributed by atoms with van der Waals surface area (Å²) in [6.07, 6.45) is 4.12. The van der Waals surface area contributed by atoms with Gasteiger partial charge in [-0.05, 0) is 61.7 Å². The summed E-state index contributed by atoms with van der Waals surface area (Å²) in [5.74, 6) is 1.77. The molecule has 2 heterocycles. The van der Waals surface area contributed by atoms with Gasteiger partial charge in [-0.15, -0.1) is 5.10 Å². The molecule has 0 atom stereocenters. The molecule has 144 valence electrons. The van der Waals surface area contributed by atoms with E-state index >= 15 is 0 Å². The molecule has 0 saturated carbocycles. The summed E-state index contributed by atoms with van der Waals surface area (Å²) in [6, 6.07) is 14.3. The molecule has 0 unspecified atom stereocenters. The molecule has 0 amide bonds. The van der Waals surface area contributed by atoms with Gasteiger partial charge in [0.2, 0.25) is 5.95 Å². The molecule has 0 bridgehead atoms. The molecule has 1 aliphatic rings. The highest BCUT2D eigenvalue weighted by atomic mass is 16.5. The Morgan fingerprint density at radius 3 is 2.54 bits per heavy atom. The molecule has 7 nitrogen and oxygen atoms in total. The first-order valence-electron chi connectivity index (χ1n) is 9.45. The van der Waals surface area contributed by atoms with Gasteiger partial charge in [0, 0.05) is 24.5 Å². The minimum Gasteiger partial charge on any atom is -0.495 e. The molecular formula is C21H24N6O. The maximum Gasteiger partial charge on any atom is 0.249 e. The normalized spacial score (nSPS) is 13.4. The monoisotopic (exact) mass is 376 g/mol. The van der Waals surface area contributed by atoms with Crippen molar-refractivity contribution in [2.45, 2.75) is 19.8 Å². The Kier molecular flexibility index (Phi) is 5.23. The van der Waals surface area contributed by atoms with Crippen molar-refractivity contribution < 1.29 is 4.74 Å². The third-order valence-electron chi connectivity index (χ3n) is 4.77. The van der Waals surface area contributed by atoms with E-state index in [1.54, 1.807) is 13.3 Å². The first-order chi connectivity index (χ1) is 13.7. The minimum atomic E-state index is 0.436. The average molecular weight is 376 g/mol. The van der Waals surface area contributed by atoms with Crippen molar-refractivity contribution in [1.82, 2.24) is 15.2 Å². The number of hydrogen-bond acceptors (Lipinski definition) is 7. The maximum atomic E-state index is 5.41. The second kappa shape index (κ2) is 8.12. The smallest absolute Gasteiger partial charge is 0.249 e. The number of aromatic nitrogens is 3. The topological polar surface area (TPSA) is 75.2 Å². The second-order valence-corrected chi connectivity index (χ2v) is 6.86. The van der Waals surface area contributed by atoms with Crippen LogP contribution in [0.3, 0.4) is 0 Å². The first-order valence-corrected chi connectivity index (χ1v) is 9.45. The van der Waals surface area contributed by atoms with Gasteiger partial charge in [-0.1, -0.05) is 6.07 Å². The zero-order valence-electron chi connectivity index (χ0n) is 16.1. The van der Waals surface area contributed by atoms with Gasteiger partial charge in [0.15, 0.2) is 5.82 Å². The summed E-state index contributed by atoms with van der Waals surface area (Å²) >= 11 is 0. The van der Waals surface area contributed by atoms with Crippen LogP contribution in [0.4, 0.5) is 28.8 Å². The number of nitrogens with one attached hydrogen (secondary N) is 2. The first kappa shape index (κ1) is 18.0. The molecule has 0 aliphatic carbocycles. The quantitative estimate of drug-likeness (QED) is 0.665. The number of anilines is 5. The van der Waals surface area contributed by atoms with Crippen LogP contribution in [0.5, 0.6) is 5.75 Å². The predicted molar refractivity (Wildman–Crippen MR) is 112 cm³/mol. The lowest BCUT2D eigenvalue weighted by molar-refractivity contribution is 0.416. The number of aryl methyl sites for hydroxylation is 1. The Hall–Kier alpha value is -3.35. The summed E-state index contributed by atoms with van der Waals surface area (Å²) in [7, 11) is 1.65. The maximum absolute atomic E-state index is 5.41. The molecular weight excluding hydrogens is 352 g/mol. The van der Waals surface area contributed by atoms with Gasteiger partial charge in [0.1, 0.15) is 5.75 Å². The Morgan fingerprint density at radius 2 is 1.79 bits per heavy atom. The van der Waals surface area contributed by atoms with E-state index in [1.165, 1.54) is 18.5 Å². The van der Waals surface area contributed by atoms with Crippen LogP contribution < -0.4 is 20.3 Å². The summed E-state index contributed by atoms with van der Waals surface area (Å²) < 4.78 is 5.41. The molecule has 7 heteroatoms. The van der Waals surface area contributed by atoms with E-state index in [9.17, 15) is 0 Å². The SMILES string of the molecule is COc1ccc(C)cc1Nc1cnnc(Nc2ccc(N3CCCC3)cc2)n1. The molecule has 1 fully saturated rings. The standard InChI is InChI=1S/C21H24N6O/c1-15-5-10-19(28-2)18(13-15)24-20-14-22-26-21(25-20)23-16-6-8-17(9-7-16)27-11-3-4-12-27/h5-10,13-14H,3-4,11-12H2,1-2H3,(H2,23,24,25,26). The molecule has 1 aromatic heterocycles. The molecule has 0 radical (unpaired) electrons. The Morgan fingerprint density at radius 1 is 1.00 bits per heavy atom. The van der Waals surface area contributed by atoms with E-state index in [0.717, 1.165) is 35.8 Å². The predicted octanol–water partition coefficient (Wildman–Crippen LogP) is 4.28. The molecule has 2 N–H and O–H groups in total. The third-order valence-corrected chi connectivity index (χ3v) is 4.77. The molecule has 28 heavy (non-hydrogen) atoms. The minimum absolute atomic E-state index is 0.436. The van der Waals surface area contributed by atoms with Gasteiger partial charge in [-0.25, -0.2) is 0 Å². The summed E-state index contributed by atoms with van der Waals surface area (Å²) in [5.41, 5.74) is 4.14. The van der Waals surface area contributed by atoms with Gasteiger partial charge in [0.05, 0.1) is 19.0 Å². The molecule has 4 rings (SSSR count). The zero-order valence-corrected chi connectivity index (χ0v) is 16.1. The molecule has 1 aliphatic heterocycles. The average Bonchev–Trinajstić information content (AvgIpc) is 3.24. The van der Waals surface area contributed by atoms with Gasteiger partial charge >= 0.3 is 0 Å². The Balaban J connectivity index is 1.47. The van der Waals surface area contributed by atoms with Crippen molar-refractivity contribution in [3.05, 3.63) is 54.2 Å². The van der Waals surface area contributed by atoms with E-state index < -0.39 is 0 Å². The van der Waals surface area contributed by atoms with Crippen LogP contribution in [-0.4, -0.2) is 35.4 Å². The summed E-state index contributed by atoms with van der Waals surface area (Å²) in [4.78, 5) is 6.91. The highest BCUT2D eigenvalue weighted by Crippen LogP contribution is 2.28. The molecule has 2 aromatic carbocycles. The van der Waals surface area contributed by atoms with Crippen molar-refractivity contribution in [3.63, 3.8) is 0 Å². The fourth-order valence-corrected chi connectivity index (χ4v) is 3.33. The van der Waals surface area contributed by atoms with E-state index in [0.29, 0.717) is 11.8 Å². The van der Waals surface area contributed by atoms with E-state index in [1.807, 2.05) is 37.3 Å². The Bertz CT molecular complexity index is 938. The third kappa shape index (κ3) is 4.14. The lowest BCUT2D eigenvalue weighted by Crippen LogP contribution is -2.17. The van der Waals surface area contributed by atoms with Crippen LogP contribution in [0.2, 0.25) is 0 Å². The van der Waals surface area contributed by atoms with Crippen molar-refractivity contribution >= 4 is 28.8 Å². The fourth-order valence-electron chi connectivity index (χ4n) is 3.33. The number of rotatable bonds is 6. The largest absolute Gasteiger partial charge is 0.495 e. The van der Waals surface area contributed by atoms with Crippen LogP contribution in [-0.2, 0) is 0 Å². The van der Waals surface area contributed by atoms with Crippen molar-refractivity contribution in [1.29, 1.82) is 0 Å². The van der Waals surface area contributed by atoms with E-state index in [2.05, 4.69) is 42.8 Å². The molecule has 1 saturated heterocycles. The highest BCUT2D eigenvalue weighted by molar-refractivity contribution is 5.66. The zero-order chi connectivity index (χ0) is 19.3. The van der Waals surface area contributed by atoms with Crippen molar-refractivity contribution in [3.8, 4) is 5.75 Å². The van der Waals surface area contributed by atoms with Crippen LogP contribution in [0.15, 0.2) is 48.7 Å². The van der Waals surface area contributed by atoms with E-state index in [-0.39, 0.29) is 0 Å². The van der Waals surface area contributed by atoms with E-state index in [4.69, 9.17) is 4.74 Å². The lowest BCUT2D eigenvalue weighted by Gasteiger charge is -2.17. The fraction of sp³-hybridized carbons (Fsp3) is 0.286. The Labute approximate surface area is 164 Å². The number of methoxy groups -OCH3 is 1. The summed E-state index contributed by atoms with van der Waals surface area (Å²) in [6.45, 7) is 4.30. The van der Waals surface area contributed by atoms with Crippen molar-refractivity contribution in [2.75, 3.05) is 35.7 Å². The van der Waals surface area contributed by atoms with Crippen LogP contribution >= 0.6 is 0 Å². The number of hydrogen-bond donors (Lipinski definition) is 2. The van der Waals surface area contributed by atoms with Gasteiger partial charge in [-0.2, -0.15) is 10.1 Å².